The first kappa shape index (κ1) is 26.0. The van der Waals surface area contributed by atoms with E-state index in [-0.39, 0.29) is 1.43 Å². The van der Waals surface area contributed by atoms with Crippen molar-refractivity contribution in [1.29, 1.82) is 0 Å². The predicted octanol–water partition coefficient (Wildman–Crippen LogP) is 8.63. The monoisotopic (exact) mass is 369 g/mol. The van der Waals surface area contributed by atoms with E-state index in [0.717, 1.165) is 0 Å². The molecular weight excluding hydrogens is 314 g/mol. The van der Waals surface area contributed by atoms with E-state index in [9.17, 15) is 0 Å². The molecule has 26 heavy (non-hydrogen) atoms. The normalized spacial score (nSPS) is 12.0. The van der Waals surface area contributed by atoms with Crippen LogP contribution in [0.4, 0.5) is 0 Å². The fraction of sp³-hybridized carbons (Fsp3) is 1.00. The lowest BCUT2D eigenvalue weighted by molar-refractivity contribution is -0.910. The fourth-order valence-corrected chi connectivity index (χ4v) is 4.16. The van der Waals surface area contributed by atoms with Crippen LogP contribution in [0, 0.1) is 0 Å². The molecule has 0 heterocycles. The number of nitrogens with zero attached hydrogens (tertiary/aromatic N) is 1. The Morgan fingerprint density at radius 1 is 0.385 bits per heavy atom. The van der Waals surface area contributed by atoms with Crippen molar-refractivity contribution in [1.82, 2.24) is 0 Å². The molecule has 0 fully saturated rings. The van der Waals surface area contributed by atoms with E-state index in [1.54, 1.807) is 0 Å². The highest BCUT2D eigenvalue weighted by molar-refractivity contribution is 4.51. The van der Waals surface area contributed by atoms with Gasteiger partial charge in [-0.2, -0.15) is 0 Å². The third-order valence-electron chi connectivity index (χ3n) is 6.15. The largest absolute Gasteiger partial charge is 0.326 e. The van der Waals surface area contributed by atoms with E-state index in [1.165, 1.54) is 140 Å². The van der Waals surface area contributed by atoms with Gasteiger partial charge in [-0.25, -0.2) is 0 Å². The summed E-state index contributed by atoms with van der Waals surface area (Å²) in [5.41, 5.74) is 0. The van der Waals surface area contributed by atoms with Gasteiger partial charge in [-0.1, -0.05) is 97.8 Å². The second-order valence-electron chi connectivity index (χ2n) is 9.09. The SMILES string of the molecule is CCCCCCCC[N+](C)(CCCCCCCC)CCCCCCCC.[H]. The Labute approximate surface area is 169 Å². The minimum atomic E-state index is 0. The van der Waals surface area contributed by atoms with Crippen LogP contribution in [0.1, 0.15) is 138 Å². The van der Waals surface area contributed by atoms with Gasteiger partial charge in [-0.3, -0.25) is 0 Å². The van der Waals surface area contributed by atoms with Crippen LogP contribution in [0.15, 0.2) is 0 Å². The zero-order chi connectivity index (χ0) is 19.3. The molecule has 0 atom stereocenters. The Bertz CT molecular complexity index is 226. The standard InChI is InChI=1S/C25H54N.H/c1-5-8-11-14-17-20-23-26(4,24-21-18-15-12-9-6-2)25-22-19-16-13-10-7-3;/h5-25H2,1-4H3;/q+1;. The van der Waals surface area contributed by atoms with Gasteiger partial charge < -0.3 is 4.48 Å². The van der Waals surface area contributed by atoms with Crippen molar-refractivity contribution < 1.29 is 5.91 Å². The number of quaternary nitrogens is 1. The molecule has 0 aromatic rings. The van der Waals surface area contributed by atoms with Gasteiger partial charge in [0.1, 0.15) is 0 Å². The van der Waals surface area contributed by atoms with Gasteiger partial charge in [0.25, 0.3) is 0 Å². The Hall–Kier alpha value is -0.0400. The molecule has 0 aliphatic heterocycles. The summed E-state index contributed by atoms with van der Waals surface area (Å²) >= 11 is 0. The molecule has 0 N–H and O–H groups in total. The number of unbranched alkanes of at least 4 members (excludes halogenated alkanes) is 15. The van der Waals surface area contributed by atoms with Crippen molar-refractivity contribution in [3.63, 3.8) is 0 Å². The number of rotatable bonds is 21. The van der Waals surface area contributed by atoms with Gasteiger partial charge in [-0.15, -0.1) is 0 Å². The zero-order valence-corrected chi connectivity index (χ0v) is 19.3. The Kier molecular flexibility index (Phi) is 19.7. The highest BCUT2D eigenvalue weighted by Crippen LogP contribution is 2.16. The Morgan fingerprint density at radius 2 is 0.615 bits per heavy atom. The Morgan fingerprint density at radius 3 is 0.885 bits per heavy atom. The summed E-state index contributed by atoms with van der Waals surface area (Å²) in [7, 11) is 2.56. The first-order valence-corrected chi connectivity index (χ1v) is 12.5. The zero-order valence-electron chi connectivity index (χ0n) is 20.3. The topological polar surface area (TPSA) is 0 Å². The van der Waals surface area contributed by atoms with E-state index in [4.69, 9.17) is 0 Å². The van der Waals surface area contributed by atoms with Crippen LogP contribution in [0.2, 0.25) is 0 Å². The molecule has 0 aromatic carbocycles. The average Bonchev–Trinajstić information content (AvgIpc) is 2.64. The maximum atomic E-state index is 2.56. The van der Waals surface area contributed by atoms with Crippen molar-refractivity contribution >= 4 is 0 Å². The van der Waals surface area contributed by atoms with Crippen LogP contribution >= 0.6 is 0 Å². The van der Waals surface area contributed by atoms with Crippen LogP contribution in [0.3, 0.4) is 0 Å². The van der Waals surface area contributed by atoms with Gasteiger partial charge in [0.2, 0.25) is 0 Å². The van der Waals surface area contributed by atoms with Crippen LogP contribution in [-0.4, -0.2) is 31.2 Å². The van der Waals surface area contributed by atoms with Gasteiger partial charge in [0, 0.05) is 1.43 Å². The van der Waals surface area contributed by atoms with E-state index >= 15 is 0 Å². The summed E-state index contributed by atoms with van der Waals surface area (Å²) in [5.74, 6) is 0. The molecule has 0 rings (SSSR count). The van der Waals surface area contributed by atoms with Crippen LogP contribution < -0.4 is 0 Å². The molecule has 0 unspecified atom stereocenters. The van der Waals surface area contributed by atoms with Crippen molar-refractivity contribution in [3.8, 4) is 0 Å². The van der Waals surface area contributed by atoms with Crippen LogP contribution in [-0.2, 0) is 0 Å². The number of hydrogen-bond acceptors (Lipinski definition) is 0. The third kappa shape index (κ3) is 17.4. The van der Waals surface area contributed by atoms with E-state index < -0.39 is 0 Å². The molecule has 159 valence electrons. The van der Waals surface area contributed by atoms with E-state index in [1.807, 2.05) is 0 Å². The minimum absolute atomic E-state index is 0. The number of hydrogen-bond donors (Lipinski definition) is 0. The fourth-order valence-electron chi connectivity index (χ4n) is 4.16. The molecule has 0 aromatic heterocycles. The lowest BCUT2D eigenvalue weighted by Crippen LogP contribution is -2.46. The maximum absolute atomic E-state index is 2.56. The first-order chi connectivity index (χ1) is 12.7. The highest BCUT2D eigenvalue weighted by atomic mass is 15.3. The summed E-state index contributed by atoms with van der Waals surface area (Å²) in [4.78, 5) is 0. The summed E-state index contributed by atoms with van der Waals surface area (Å²) in [6.45, 7) is 11.2. The molecule has 0 saturated carbocycles. The quantitative estimate of drug-likeness (QED) is 0.140. The minimum Gasteiger partial charge on any atom is -0.326 e. The smallest absolute Gasteiger partial charge is 0.0784 e. The third-order valence-corrected chi connectivity index (χ3v) is 6.15. The molecule has 1 heteroatoms. The Balaban J connectivity index is 0. The molecule has 0 amide bonds. The lowest BCUT2D eigenvalue weighted by atomic mass is 10.1. The van der Waals surface area contributed by atoms with Crippen LogP contribution in [0.25, 0.3) is 0 Å². The lowest BCUT2D eigenvalue weighted by Gasteiger charge is -2.35. The summed E-state index contributed by atoms with van der Waals surface area (Å²) in [6, 6.07) is 0. The van der Waals surface area contributed by atoms with E-state index in [2.05, 4.69) is 27.8 Å². The molecule has 0 spiro atoms. The highest BCUT2D eigenvalue weighted by Gasteiger charge is 2.20. The molecule has 0 aliphatic rings. The summed E-state index contributed by atoms with van der Waals surface area (Å²) in [5, 5.41) is 0. The van der Waals surface area contributed by atoms with Gasteiger partial charge in [0.15, 0.2) is 0 Å². The van der Waals surface area contributed by atoms with Gasteiger partial charge in [-0.05, 0) is 38.5 Å². The second-order valence-corrected chi connectivity index (χ2v) is 9.09. The van der Waals surface area contributed by atoms with Gasteiger partial charge >= 0.3 is 0 Å². The molecule has 0 aliphatic carbocycles. The van der Waals surface area contributed by atoms with Gasteiger partial charge in [0.05, 0.1) is 26.7 Å². The molecule has 0 bridgehead atoms. The second kappa shape index (κ2) is 19.7. The molecular formula is C25H55N+. The predicted molar refractivity (Wildman–Crippen MR) is 122 cm³/mol. The van der Waals surface area contributed by atoms with Crippen molar-refractivity contribution in [2.24, 2.45) is 0 Å². The van der Waals surface area contributed by atoms with Crippen molar-refractivity contribution in [2.45, 2.75) is 136 Å². The molecule has 1 nitrogen and oxygen atoms in total. The summed E-state index contributed by atoms with van der Waals surface area (Å²) in [6.07, 6.45) is 25.9. The summed E-state index contributed by atoms with van der Waals surface area (Å²) < 4.78 is 1.36. The average molecular weight is 370 g/mol. The van der Waals surface area contributed by atoms with Crippen molar-refractivity contribution in [3.05, 3.63) is 0 Å². The van der Waals surface area contributed by atoms with Crippen molar-refractivity contribution in [2.75, 3.05) is 26.7 Å². The van der Waals surface area contributed by atoms with Crippen LogP contribution in [0.5, 0.6) is 0 Å². The molecule has 1 radical (unpaired) electrons. The van der Waals surface area contributed by atoms with E-state index in [0.29, 0.717) is 0 Å². The first-order valence-electron chi connectivity index (χ1n) is 12.5. The molecule has 0 saturated heterocycles. The maximum Gasteiger partial charge on any atom is 0.0784 e.